The van der Waals surface area contributed by atoms with Crippen LogP contribution in [0, 0.1) is 6.92 Å². The number of hydrogen-bond acceptors (Lipinski definition) is 4. The maximum absolute atomic E-state index is 9.58. The third kappa shape index (κ3) is 2.90. The Hall–Kier alpha value is -2.33. The topological polar surface area (TPSA) is 42.4 Å². The van der Waals surface area contributed by atoms with Crippen molar-refractivity contribution in [3.63, 3.8) is 0 Å². The summed E-state index contributed by atoms with van der Waals surface area (Å²) in [6.45, 7) is 2.07. The number of aromatic hydroxyl groups is 1. The fourth-order valence-corrected chi connectivity index (χ4v) is 2.94. The highest BCUT2D eigenvalue weighted by atomic mass is 32.1. The van der Waals surface area contributed by atoms with E-state index in [4.69, 9.17) is 4.74 Å². The standard InChI is InChI=1S/C17H15NO2S/c1-11-3-7-16-13(9-11)18-17(21-16)8-5-12-4-6-14(19)15(10-12)20-2/h3-10,19H,1-2H3. The zero-order chi connectivity index (χ0) is 14.8. The molecule has 0 unspecified atom stereocenters. The number of aryl methyl sites for hydroxylation is 1. The minimum atomic E-state index is 0.144. The zero-order valence-corrected chi connectivity index (χ0v) is 12.6. The molecule has 0 aliphatic heterocycles. The molecule has 0 bridgehead atoms. The molecule has 3 rings (SSSR count). The Balaban J connectivity index is 1.90. The van der Waals surface area contributed by atoms with Crippen LogP contribution in [0.25, 0.3) is 22.4 Å². The number of methoxy groups -OCH3 is 1. The Bertz CT molecular complexity index is 821. The van der Waals surface area contributed by atoms with E-state index in [0.29, 0.717) is 5.75 Å². The summed E-state index contributed by atoms with van der Waals surface area (Å²) < 4.78 is 6.29. The van der Waals surface area contributed by atoms with Gasteiger partial charge in [-0.1, -0.05) is 18.2 Å². The van der Waals surface area contributed by atoms with Crippen molar-refractivity contribution in [3.8, 4) is 11.5 Å². The molecule has 1 heterocycles. The first-order chi connectivity index (χ1) is 10.2. The maximum atomic E-state index is 9.58. The van der Waals surface area contributed by atoms with Gasteiger partial charge in [0.05, 0.1) is 17.3 Å². The van der Waals surface area contributed by atoms with Crippen molar-refractivity contribution in [1.29, 1.82) is 0 Å². The molecule has 0 spiro atoms. The van der Waals surface area contributed by atoms with Crippen LogP contribution in [0.3, 0.4) is 0 Å². The van der Waals surface area contributed by atoms with Crippen molar-refractivity contribution < 1.29 is 9.84 Å². The van der Waals surface area contributed by atoms with E-state index in [1.807, 2.05) is 18.2 Å². The first-order valence-corrected chi connectivity index (χ1v) is 7.39. The van der Waals surface area contributed by atoms with Crippen LogP contribution in [-0.2, 0) is 0 Å². The lowest BCUT2D eigenvalue weighted by molar-refractivity contribution is 0.373. The first-order valence-electron chi connectivity index (χ1n) is 6.58. The molecular formula is C17H15NO2S. The third-order valence-corrected chi connectivity index (χ3v) is 4.18. The molecule has 0 radical (unpaired) electrons. The predicted octanol–water partition coefficient (Wildman–Crippen LogP) is 4.49. The van der Waals surface area contributed by atoms with Crippen LogP contribution in [0.5, 0.6) is 11.5 Å². The monoisotopic (exact) mass is 297 g/mol. The Morgan fingerprint density at radius 2 is 2.00 bits per heavy atom. The van der Waals surface area contributed by atoms with Gasteiger partial charge in [0.15, 0.2) is 11.5 Å². The van der Waals surface area contributed by atoms with Gasteiger partial charge in [0.2, 0.25) is 0 Å². The lowest BCUT2D eigenvalue weighted by Crippen LogP contribution is -1.84. The highest BCUT2D eigenvalue weighted by Gasteiger charge is 2.03. The van der Waals surface area contributed by atoms with E-state index in [1.165, 1.54) is 10.3 Å². The number of fused-ring (bicyclic) bond motifs is 1. The summed E-state index contributed by atoms with van der Waals surface area (Å²) in [5.74, 6) is 0.613. The van der Waals surface area contributed by atoms with Crippen LogP contribution >= 0.6 is 11.3 Å². The number of nitrogens with zero attached hydrogens (tertiary/aromatic N) is 1. The number of rotatable bonds is 3. The van der Waals surface area contributed by atoms with Crippen molar-refractivity contribution in [2.24, 2.45) is 0 Å². The number of aromatic nitrogens is 1. The number of thiazole rings is 1. The molecular weight excluding hydrogens is 282 g/mol. The second-order valence-corrected chi connectivity index (χ2v) is 5.85. The van der Waals surface area contributed by atoms with Crippen molar-refractivity contribution in [3.05, 3.63) is 52.5 Å². The van der Waals surface area contributed by atoms with Gasteiger partial charge in [0.25, 0.3) is 0 Å². The summed E-state index contributed by atoms with van der Waals surface area (Å²) in [6, 6.07) is 11.5. The van der Waals surface area contributed by atoms with Crippen molar-refractivity contribution in [2.75, 3.05) is 7.11 Å². The molecule has 0 aliphatic carbocycles. The lowest BCUT2D eigenvalue weighted by atomic mass is 10.2. The van der Waals surface area contributed by atoms with E-state index in [-0.39, 0.29) is 5.75 Å². The summed E-state index contributed by atoms with van der Waals surface area (Å²) in [7, 11) is 1.54. The van der Waals surface area contributed by atoms with Gasteiger partial charge in [-0.25, -0.2) is 4.98 Å². The van der Waals surface area contributed by atoms with Crippen LogP contribution < -0.4 is 4.74 Å². The Morgan fingerprint density at radius 1 is 1.14 bits per heavy atom. The number of phenols is 1. The van der Waals surface area contributed by atoms with Gasteiger partial charge < -0.3 is 9.84 Å². The molecule has 0 aliphatic rings. The van der Waals surface area contributed by atoms with Gasteiger partial charge in [0, 0.05) is 0 Å². The summed E-state index contributed by atoms with van der Waals surface area (Å²) in [5, 5.41) is 10.5. The van der Waals surface area contributed by atoms with Crippen LogP contribution in [0.4, 0.5) is 0 Å². The molecule has 0 fully saturated rings. The predicted molar refractivity (Wildman–Crippen MR) is 87.9 cm³/mol. The van der Waals surface area contributed by atoms with E-state index in [9.17, 15) is 5.11 Å². The molecule has 0 atom stereocenters. The largest absolute Gasteiger partial charge is 0.504 e. The summed E-state index contributed by atoms with van der Waals surface area (Å²) in [4.78, 5) is 4.60. The quantitative estimate of drug-likeness (QED) is 0.774. The smallest absolute Gasteiger partial charge is 0.161 e. The van der Waals surface area contributed by atoms with Gasteiger partial charge in [-0.2, -0.15) is 0 Å². The van der Waals surface area contributed by atoms with E-state index in [0.717, 1.165) is 16.1 Å². The lowest BCUT2D eigenvalue weighted by Gasteiger charge is -2.03. The Labute approximate surface area is 127 Å². The molecule has 3 aromatic rings. The van der Waals surface area contributed by atoms with Crippen LogP contribution in [0.2, 0.25) is 0 Å². The normalized spacial score (nSPS) is 11.3. The highest BCUT2D eigenvalue weighted by Crippen LogP contribution is 2.28. The summed E-state index contributed by atoms with van der Waals surface area (Å²) in [5.41, 5.74) is 3.20. The number of hydrogen-bond donors (Lipinski definition) is 1. The third-order valence-electron chi connectivity index (χ3n) is 3.18. The SMILES string of the molecule is COc1cc(C=Cc2nc3cc(C)ccc3s2)ccc1O. The Morgan fingerprint density at radius 3 is 2.81 bits per heavy atom. The molecule has 4 heteroatoms. The highest BCUT2D eigenvalue weighted by molar-refractivity contribution is 7.19. The second-order valence-electron chi connectivity index (χ2n) is 4.79. The number of benzene rings is 2. The van der Waals surface area contributed by atoms with E-state index < -0.39 is 0 Å². The van der Waals surface area contributed by atoms with Crippen molar-refractivity contribution in [1.82, 2.24) is 4.98 Å². The van der Waals surface area contributed by atoms with Gasteiger partial charge >= 0.3 is 0 Å². The average molecular weight is 297 g/mol. The molecule has 0 saturated heterocycles. The minimum absolute atomic E-state index is 0.144. The molecule has 0 amide bonds. The van der Waals surface area contributed by atoms with E-state index in [2.05, 4.69) is 30.1 Å². The molecule has 0 saturated carbocycles. The van der Waals surface area contributed by atoms with Crippen LogP contribution in [-0.4, -0.2) is 17.2 Å². The van der Waals surface area contributed by atoms with Crippen LogP contribution in [0.15, 0.2) is 36.4 Å². The zero-order valence-electron chi connectivity index (χ0n) is 11.8. The van der Waals surface area contributed by atoms with Gasteiger partial charge in [-0.15, -0.1) is 11.3 Å². The van der Waals surface area contributed by atoms with Crippen molar-refractivity contribution >= 4 is 33.7 Å². The minimum Gasteiger partial charge on any atom is -0.504 e. The van der Waals surface area contributed by atoms with Crippen LogP contribution in [0.1, 0.15) is 16.1 Å². The van der Waals surface area contributed by atoms with E-state index >= 15 is 0 Å². The fraction of sp³-hybridized carbons (Fsp3) is 0.118. The first kappa shape index (κ1) is 13.6. The second kappa shape index (κ2) is 5.58. The van der Waals surface area contributed by atoms with E-state index in [1.54, 1.807) is 30.6 Å². The molecule has 1 aromatic heterocycles. The van der Waals surface area contributed by atoms with Gasteiger partial charge in [-0.3, -0.25) is 0 Å². The molecule has 106 valence electrons. The van der Waals surface area contributed by atoms with Crippen molar-refractivity contribution in [2.45, 2.75) is 6.92 Å². The summed E-state index contributed by atoms with van der Waals surface area (Å²) in [6.07, 6.45) is 3.94. The summed E-state index contributed by atoms with van der Waals surface area (Å²) >= 11 is 1.66. The average Bonchev–Trinajstić information content (AvgIpc) is 2.88. The Kier molecular flexibility index (Phi) is 3.62. The van der Waals surface area contributed by atoms with Gasteiger partial charge in [-0.05, 0) is 48.4 Å². The molecule has 1 N–H and O–H groups in total. The fourth-order valence-electron chi connectivity index (χ4n) is 2.09. The number of phenolic OH excluding ortho intramolecular Hbond substituents is 1. The molecule has 2 aromatic carbocycles. The molecule has 21 heavy (non-hydrogen) atoms. The van der Waals surface area contributed by atoms with Gasteiger partial charge in [0.1, 0.15) is 5.01 Å². The molecule has 3 nitrogen and oxygen atoms in total. The maximum Gasteiger partial charge on any atom is 0.161 e. The number of ether oxygens (including phenoxy) is 1.